The molecule has 0 bridgehead atoms. The fourth-order valence-corrected chi connectivity index (χ4v) is 3.59. The number of nitrogens with zero attached hydrogens (tertiary/aromatic N) is 6. The molecular weight excluding hydrogens is 386 g/mol. The molecule has 1 aliphatic rings. The second-order valence-electron chi connectivity index (χ2n) is 6.96. The number of rotatable bonds is 4. The molecule has 0 fully saturated rings. The lowest BCUT2D eigenvalue weighted by atomic mass is 10.0. The topological polar surface area (TPSA) is 68.8 Å². The third-order valence-corrected chi connectivity index (χ3v) is 5.11. The molecule has 2 aromatic heterocycles. The summed E-state index contributed by atoms with van der Waals surface area (Å²) in [5.74, 6) is -0.695. The number of aromatic nitrogens is 5. The maximum Gasteiger partial charge on any atom is 0.251 e. The minimum absolute atomic E-state index is 0.0127. The molecule has 0 radical (unpaired) electrons. The van der Waals surface area contributed by atoms with Gasteiger partial charge in [-0.3, -0.25) is 4.99 Å². The van der Waals surface area contributed by atoms with E-state index in [0.717, 1.165) is 23.1 Å². The molecule has 148 valence electrons. The first-order chi connectivity index (χ1) is 14.7. The number of aliphatic imine (C=N–C) groups is 1. The fraction of sp³-hybridized carbons (Fsp3) is 0.136. The highest BCUT2D eigenvalue weighted by Crippen LogP contribution is 2.33. The van der Waals surface area contributed by atoms with Crippen molar-refractivity contribution in [1.82, 2.24) is 24.7 Å². The Hall–Kier alpha value is -3.81. The summed E-state index contributed by atoms with van der Waals surface area (Å²) in [6, 6.07) is 11.7. The minimum Gasteiger partial charge on any atom is -0.281 e. The summed E-state index contributed by atoms with van der Waals surface area (Å²) >= 11 is 0. The van der Waals surface area contributed by atoms with Gasteiger partial charge in [0.1, 0.15) is 24.3 Å². The Labute approximate surface area is 171 Å². The molecular formula is C22H16F2N6. The van der Waals surface area contributed by atoms with Gasteiger partial charge in [0, 0.05) is 23.7 Å². The molecule has 8 heteroatoms. The summed E-state index contributed by atoms with van der Waals surface area (Å²) in [6.45, 7) is 0. The average Bonchev–Trinajstić information content (AvgIpc) is 3.47. The van der Waals surface area contributed by atoms with Gasteiger partial charge in [0.15, 0.2) is 0 Å². The Bertz CT molecular complexity index is 1180. The van der Waals surface area contributed by atoms with Gasteiger partial charge in [0.05, 0.1) is 11.6 Å². The summed E-state index contributed by atoms with van der Waals surface area (Å²) in [6.07, 6.45) is 7.68. The molecule has 3 heterocycles. The Balaban J connectivity index is 1.36. The quantitative estimate of drug-likeness (QED) is 0.510. The summed E-state index contributed by atoms with van der Waals surface area (Å²) in [7, 11) is 0. The monoisotopic (exact) mass is 402 g/mol. The molecule has 30 heavy (non-hydrogen) atoms. The molecule has 1 atom stereocenters. The van der Waals surface area contributed by atoms with Crippen LogP contribution >= 0.6 is 0 Å². The molecule has 1 unspecified atom stereocenters. The van der Waals surface area contributed by atoms with Crippen LogP contribution in [0.3, 0.4) is 0 Å². The van der Waals surface area contributed by atoms with Crippen molar-refractivity contribution in [3.05, 3.63) is 90.3 Å². The normalized spacial score (nSPS) is 15.9. The van der Waals surface area contributed by atoms with E-state index in [-0.39, 0.29) is 11.6 Å². The third-order valence-electron chi connectivity index (χ3n) is 5.11. The Morgan fingerprint density at radius 3 is 2.30 bits per heavy atom. The van der Waals surface area contributed by atoms with Gasteiger partial charge in [0.25, 0.3) is 5.95 Å². The van der Waals surface area contributed by atoms with Crippen molar-refractivity contribution in [2.45, 2.75) is 18.9 Å². The smallest absolute Gasteiger partial charge is 0.251 e. The van der Waals surface area contributed by atoms with Gasteiger partial charge < -0.3 is 0 Å². The Morgan fingerprint density at radius 2 is 1.63 bits per heavy atom. The van der Waals surface area contributed by atoms with Crippen LogP contribution in [0.25, 0.3) is 17.1 Å². The zero-order valence-electron chi connectivity index (χ0n) is 15.8. The lowest BCUT2D eigenvalue weighted by Crippen LogP contribution is -2.03. The lowest BCUT2D eigenvalue weighted by Gasteiger charge is -2.08. The van der Waals surface area contributed by atoms with Gasteiger partial charge in [-0.25, -0.2) is 23.7 Å². The predicted molar refractivity (Wildman–Crippen MR) is 107 cm³/mol. The van der Waals surface area contributed by atoms with Crippen molar-refractivity contribution in [3.63, 3.8) is 0 Å². The summed E-state index contributed by atoms with van der Waals surface area (Å²) in [5, 5.41) is 4.00. The van der Waals surface area contributed by atoms with E-state index in [1.165, 1.54) is 35.5 Å². The highest BCUT2D eigenvalue weighted by atomic mass is 19.1. The van der Waals surface area contributed by atoms with E-state index in [1.807, 2.05) is 24.3 Å². The van der Waals surface area contributed by atoms with Crippen LogP contribution < -0.4 is 0 Å². The van der Waals surface area contributed by atoms with Crippen LogP contribution in [0.5, 0.6) is 0 Å². The van der Waals surface area contributed by atoms with Crippen molar-refractivity contribution in [2.24, 2.45) is 4.99 Å². The number of hydrogen-bond acceptors (Lipinski definition) is 5. The largest absolute Gasteiger partial charge is 0.281 e. The fourth-order valence-electron chi connectivity index (χ4n) is 3.59. The highest BCUT2D eigenvalue weighted by Gasteiger charge is 2.24. The van der Waals surface area contributed by atoms with E-state index in [9.17, 15) is 8.78 Å². The molecule has 1 aliphatic heterocycles. The van der Waals surface area contributed by atoms with Crippen molar-refractivity contribution in [1.29, 1.82) is 0 Å². The summed E-state index contributed by atoms with van der Waals surface area (Å²) < 4.78 is 29.6. The van der Waals surface area contributed by atoms with E-state index in [0.29, 0.717) is 18.1 Å². The van der Waals surface area contributed by atoms with Crippen LogP contribution in [0.4, 0.5) is 8.78 Å². The molecule has 0 saturated carbocycles. The standard InChI is InChI=1S/C22H16F2N6/c23-17-2-1-3-18(24)21(17)20-9-8-19(29-20)15-6-4-14(5-7-15)16-10-26-22(27-11-16)30-13-25-12-28-30/h1-7,10-13,19H,8-9H2. The highest BCUT2D eigenvalue weighted by molar-refractivity contribution is 6.02. The van der Waals surface area contributed by atoms with Crippen molar-refractivity contribution >= 4 is 5.71 Å². The first kappa shape index (κ1) is 18.2. The second kappa shape index (κ2) is 7.55. The van der Waals surface area contributed by atoms with Crippen molar-refractivity contribution in [3.8, 4) is 17.1 Å². The molecule has 6 nitrogen and oxygen atoms in total. The minimum atomic E-state index is -0.570. The van der Waals surface area contributed by atoms with Gasteiger partial charge in [-0.15, -0.1) is 0 Å². The number of benzene rings is 2. The van der Waals surface area contributed by atoms with Crippen LogP contribution in [0.15, 0.2) is 72.5 Å². The van der Waals surface area contributed by atoms with Gasteiger partial charge in [-0.2, -0.15) is 9.78 Å². The van der Waals surface area contributed by atoms with Crippen LogP contribution in [-0.4, -0.2) is 30.4 Å². The van der Waals surface area contributed by atoms with Gasteiger partial charge in [-0.1, -0.05) is 30.3 Å². The number of halogens is 2. The zero-order valence-corrected chi connectivity index (χ0v) is 15.8. The average molecular weight is 402 g/mol. The SMILES string of the molecule is Fc1cccc(F)c1C1=NC(c2ccc(-c3cnc(-n4cncn4)nc3)cc2)CC1. The second-order valence-corrected chi connectivity index (χ2v) is 6.96. The molecule has 0 saturated heterocycles. The molecule has 2 aromatic carbocycles. The van der Waals surface area contributed by atoms with Crippen molar-refractivity contribution < 1.29 is 8.78 Å². The van der Waals surface area contributed by atoms with Gasteiger partial charge in [0.2, 0.25) is 0 Å². The van der Waals surface area contributed by atoms with E-state index in [4.69, 9.17) is 0 Å². The first-order valence-electron chi connectivity index (χ1n) is 9.47. The van der Waals surface area contributed by atoms with E-state index < -0.39 is 11.6 Å². The van der Waals surface area contributed by atoms with Crippen LogP contribution in [0.2, 0.25) is 0 Å². The Morgan fingerprint density at radius 1 is 0.900 bits per heavy atom. The maximum absolute atomic E-state index is 14.0. The van der Waals surface area contributed by atoms with Crippen LogP contribution in [0, 0.1) is 11.6 Å². The molecule has 4 aromatic rings. The molecule has 0 aliphatic carbocycles. The lowest BCUT2D eigenvalue weighted by molar-refractivity contribution is 0.578. The van der Waals surface area contributed by atoms with Gasteiger partial charge in [-0.05, 0) is 36.1 Å². The van der Waals surface area contributed by atoms with E-state index in [1.54, 1.807) is 12.4 Å². The van der Waals surface area contributed by atoms with Crippen LogP contribution in [0.1, 0.15) is 30.0 Å². The first-order valence-corrected chi connectivity index (χ1v) is 9.47. The van der Waals surface area contributed by atoms with Crippen molar-refractivity contribution in [2.75, 3.05) is 0 Å². The van der Waals surface area contributed by atoms with E-state index >= 15 is 0 Å². The molecule has 0 spiro atoms. The molecule has 0 N–H and O–H groups in total. The van der Waals surface area contributed by atoms with E-state index in [2.05, 4.69) is 25.0 Å². The van der Waals surface area contributed by atoms with Gasteiger partial charge >= 0.3 is 0 Å². The third kappa shape index (κ3) is 3.36. The zero-order chi connectivity index (χ0) is 20.5. The van der Waals surface area contributed by atoms with Crippen LogP contribution in [-0.2, 0) is 0 Å². The molecule has 5 rings (SSSR count). The Kier molecular flexibility index (Phi) is 4.59. The molecule has 0 amide bonds. The summed E-state index contributed by atoms with van der Waals surface area (Å²) in [4.78, 5) is 17.1. The summed E-state index contributed by atoms with van der Waals surface area (Å²) in [5.41, 5.74) is 3.31. The predicted octanol–water partition coefficient (Wildman–Crippen LogP) is 4.33. The maximum atomic E-state index is 14.0. The number of hydrogen-bond donors (Lipinski definition) is 0.